The van der Waals surface area contributed by atoms with Crippen molar-refractivity contribution in [1.29, 1.82) is 0 Å². The monoisotopic (exact) mass is 490 g/mol. The van der Waals surface area contributed by atoms with Crippen LogP contribution in [0.5, 0.6) is 11.5 Å². The largest absolute Gasteiger partial charge is 0.495 e. The zero-order valence-electron chi connectivity index (χ0n) is 19.3. The van der Waals surface area contributed by atoms with E-state index in [1.54, 1.807) is 54.5 Å². The van der Waals surface area contributed by atoms with Gasteiger partial charge in [-0.1, -0.05) is 18.2 Å². The number of ether oxygens (including phenoxy) is 4. The quantitative estimate of drug-likeness (QED) is 0.607. The van der Waals surface area contributed by atoms with Gasteiger partial charge in [-0.2, -0.15) is 0 Å². The summed E-state index contributed by atoms with van der Waals surface area (Å²) in [6.45, 7) is 1.39. The van der Waals surface area contributed by atoms with Gasteiger partial charge in [-0.3, -0.25) is 9.52 Å². The number of nitrogens with zero attached hydrogens (tertiary/aromatic N) is 1. The second-order valence-corrected chi connectivity index (χ2v) is 9.96. The minimum absolute atomic E-state index is 0.0360. The summed E-state index contributed by atoms with van der Waals surface area (Å²) in [7, 11) is -0.861. The summed E-state index contributed by atoms with van der Waals surface area (Å²) in [6.07, 6.45) is 1.59. The van der Waals surface area contributed by atoms with Gasteiger partial charge in [0.05, 0.1) is 25.9 Å². The molecule has 1 amide bonds. The number of hydrogen-bond acceptors (Lipinski definition) is 7. The number of nitrogens with one attached hydrogen (secondary N) is 1. The lowest BCUT2D eigenvalue weighted by atomic mass is 10.1. The summed E-state index contributed by atoms with van der Waals surface area (Å²) >= 11 is 0. The molecule has 2 fully saturated rings. The molecule has 2 aromatic rings. The summed E-state index contributed by atoms with van der Waals surface area (Å²) in [5, 5.41) is 0. The molecule has 1 unspecified atom stereocenters. The predicted molar refractivity (Wildman–Crippen MR) is 126 cm³/mol. The summed E-state index contributed by atoms with van der Waals surface area (Å²) in [4.78, 5) is 14.6. The SMILES string of the molecule is COc1ccccc1S(=O)(=O)Nc1cccc(O[C@@H]2CN(C(=O)C3CCCCO3)C[C@H]2OC)c1. The number of hydrogen-bond donors (Lipinski definition) is 1. The number of methoxy groups -OCH3 is 2. The fourth-order valence-corrected chi connectivity index (χ4v) is 5.48. The molecule has 3 atom stereocenters. The van der Waals surface area contributed by atoms with E-state index in [9.17, 15) is 13.2 Å². The van der Waals surface area contributed by atoms with Crippen LogP contribution in [0.1, 0.15) is 19.3 Å². The Morgan fingerprint density at radius 2 is 1.85 bits per heavy atom. The van der Waals surface area contributed by atoms with Crippen molar-refractivity contribution in [3.63, 3.8) is 0 Å². The van der Waals surface area contributed by atoms with Crippen LogP contribution in [0.2, 0.25) is 0 Å². The molecule has 2 aromatic carbocycles. The molecule has 0 radical (unpaired) electrons. The van der Waals surface area contributed by atoms with Crippen molar-refractivity contribution < 1.29 is 32.2 Å². The molecule has 0 spiro atoms. The van der Waals surface area contributed by atoms with Crippen LogP contribution < -0.4 is 14.2 Å². The molecule has 4 rings (SSSR count). The number of benzene rings is 2. The Labute approximate surface area is 200 Å². The van der Waals surface area contributed by atoms with Crippen molar-refractivity contribution >= 4 is 21.6 Å². The first kappa shape index (κ1) is 24.3. The van der Waals surface area contributed by atoms with Crippen LogP contribution in [0, 0.1) is 0 Å². The van der Waals surface area contributed by atoms with Crippen LogP contribution in [0.4, 0.5) is 5.69 Å². The van der Waals surface area contributed by atoms with Crippen molar-refractivity contribution in [2.45, 2.75) is 42.5 Å². The zero-order valence-corrected chi connectivity index (χ0v) is 20.1. The Bertz CT molecular complexity index is 1100. The average Bonchev–Trinajstić information content (AvgIpc) is 3.26. The first-order valence-electron chi connectivity index (χ1n) is 11.3. The Morgan fingerprint density at radius 3 is 2.59 bits per heavy atom. The van der Waals surface area contributed by atoms with Gasteiger partial charge in [0.2, 0.25) is 0 Å². The van der Waals surface area contributed by atoms with Gasteiger partial charge in [0.1, 0.15) is 34.7 Å². The molecule has 2 aliphatic rings. The van der Waals surface area contributed by atoms with Gasteiger partial charge < -0.3 is 23.8 Å². The van der Waals surface area contributed by atoms with Gasteiger partial charge in [-0.25, -0.2) is 8.42 Å². The predicted octanol–water partition coefficient (Wildman–Crippen LogP) is 2.67. The third-order valence-electron chi connectivity index (χ3n) is 6.02. The van der Waals surface area contributed by atoms with Gasteiger partial charge in [0.25, 0.3) is 15.9 Å². The second kappa shape index (κ2) is 10.6. The summed E-state index contributed by atoms with van der Waals surface area (Å²) in [5.74, 6) is 0.685. The second-order valence-electron chi connectivity index (χ2n) is 8.31. The highest BCUT2D eigenvalue weighted by molar-refractivity contribution is 7.92. The highest BCUT2D eigenvalue weighted by atomic mass is 32.2. The third-order valence-corrected chi connectivity index (χ3v) is 7.44. The molecule has 10 heteroatoms. The smallest absolute Gasteiger partial charge is 0.265 e. The van der Waals surface area contributed by atoms with Crippen LogP contribution in [0.25, 0.3) is 0 Å². The lowest BCUT2D eigenvalue weighted by molar-refractivity contribution is -0.145. The molecule has 0 aliphatic carbocycles. The zero-order chi connectivity index (χ0) is 24.1. The number of sulfonamides is 1. The average molecular weight is 491 g/mol. The maximum atomic E-state index is 12.9. The number of rotatable bonds is 8. The van der Waals surface area contributed by atoms with E-state index in [2.05, 4.69) is 4.72 Å². The Hall–Kier alpha value is -2.82. The van der Waals surface area contributed by atoms with E-state index in [0.29, 0.717) is 31.1 Å². The molecule has 184 valence electrons. The highest BCUT2D eigenvalue weighted by Crippen LogP contribution is 2.28. The van der Waals surface area contributed by atoms with Crippen LogP contribution in [0.15, 0.2) is 53.4 Å². The number of para-hydroxylation sites is 1. The van der Waals surface area contributed by atoms with Gasteiger partial charge in [0, 0.05) is 19.8 Å². The van der Waals surface area contributed by atoms with E-state index >= 15 is 0 Å². The number of amides is 1. The van der Waals surface area contributed by atoms with E-state index in [1.807, 2.05) is 0 Å². The van der Waals surface area contributed by atoms with Crippen LogP contribution in [0.3, 0.4) is 0 Å². The molecular weight excluding hydrogens is 460 g/mol. The minimum atomic E-state index is -3.87. The van der Waals surface area contributed by atoms with Crippen molar-refractivity contribution in [1.82, 2.24) is 4.90 Å². The first-order chi connectivity index (χ1) is 16.4. The number of carbonyl (C=O) groups excluding carboxylic acids is 1. The fourth-order valence-electron chi connectivity index (χ4n) is 4.26. The fraction of sp³-hybridized carbons (Fsp3) is 0.458. The highest BCUT2D eigenvalue weighted by Gasteiger charge is 2.39. The molecule has 0 bridgehead atoms. The molecule has 1 N–H and O–H groups in total. The normalized spacial score (nSPS) is 22.9. The van der Waals surface area contributed by atoms with Crippen molar-refractivity contribution in [2.75, 3.05) is 38.6 Å². The molecule has 2 saturated heterocycles. The van der Waals surface area contributed by atoms with E-state index in [-0.39, 0.29) is 22.7 Å². The van der Waals surface area contributed by atoms with Gasteiger partial charge in [0.15, 0.2) is 0 Å². The van der Waals surface area contributed by atoms with Crippen molar-refractivity contribution in [2.24, 2.45) is 0 Å². The topological polar surface area (TPSA) is 103 Å². The Balaban J connectivity index is 1.45. The van der Waals surface area contributed by atoms with Gasteiger partial charge >= 0.3 is 0 Å². The van der Waals surface area contributed by atoms with E-state index in [1.165, 1.54) is 13.2 Å². The molecule has 0 saturated carbocycles. The Kier molecular flexibility index (Phi) is 7.60. The van der Waals surface area contributed by atoms with Crippen molar-refractivity contribution in [3.05, 3.63) is 48.5 Å². The summed E-state index contributed by atoms with van der Waals surface area (Å²) in [5.41, 5.74) is 0.346. The van der Waals surface area contributed by atoms with Crippen LogP contribution >= 0.6 is 0 Å². The van der Waals surface area contributed by atoms with Gasteiger partial charge in [-0.05, 0) is 43.5 Å². The maximum absolute atomic E-state index is 12.9. The number of carbonyl (C=O) groups is 1. The molecule has 2 heterocycles. The van der Waals surface area contributed by atoms with Crippen LogP contribution in [-0.2, 0) is 24.3 Å². The van der Waals surface area contributed by atoms with E-state index in [4.69, 9.17) is 18.9 Å². The van der Waals surface area contributed by atoms with Crippen molar-refractivity contribution in [3.8, 4) is 11.5 Å². The van der Waals surface area contributed by atoms with Gasteiger partial charge in [-0.15, -0.1) is 0 Å². The minimum Gasteiger partial charge on any atom is -0.495 e. The molecule has 0 aromatic heterocycles. The van der Waals surface area contributed by atoms with E-state index in [0.717, 1.165) is 19.3 Å². The maximum Gasteiger partial charge on any atom is 0.265 e. The Morgan fingerprint density at radius 1 is 1.06 bits per heavy atom. The lowest BCUT2D eigenvalue weighted by Gasteiger charge is -2.26. The summed E-state index contributed by atoms with van der Waals surface area (Å²) < 4.78 is 50.9. The molecule has 34 heavy (non-hydrogen) atoms. The molecule has 2 aliphatic heterocycles. The number of anilines is 1. The third kappa shape index (κ3) is 5.45. The number of likely N-dealkylation sites (tertiary alicyclic amines) is 1. The lowest BCUT2D eigenvalue weighted by Crippen LogP contribution is -2.41. The van der Waals surface area contributed by atoms with E-state index < -0.39 is 22.2 Å². The molecular formula is C24H30N2O7S. The molecule has 9 nitrogen and oxygen atoms in total. The first-order valence-corrected chi connectivity index (χ1v) is 12.8. The summed E-state index contributed by atoms with van der Waals surface area (Å²) in [6, 6.07) is 13.1. The van der Waals surface area contributed by atoms with Crippen LogP contribution in [-0.4, -0.2) is 71.5 Å². The standard InChI is InChI=1S/C24H30N2O7S/c1-30-19-10-3-4-12-23(19)34(28,29)25-17-8-7-9-18(14-17)33-22-16-26(15-21(22)31-2)24(27)20-11-5-6-13-32-20/h3-4,7-10,12,14,20-22,25H,5-6,11,13,15-16H2,1-2H3/t20?,21-,22-/m1/s1.